The van der Waals surface area contributed by atoms with Gasteiger partial charge in [0.15, 0.2) is 0 Å². The third-order valence-electron chi connectivity index (χ3n) is 3.72. The first-order chi connectivity index (χ1) is 5.42. The van der Waals surface area contributed by atoms with Crippen molar-refractivity contribution in [3.8, 4) is 0 Å². The van der Waals surface area contributed by atoms with E-state index in [1.54, 1.807) is 0 Å². The summed E-state index contributed by atoms with van der Waals surface area (Å²) in [5.41, 5.74) is 0. The molecule has 0 spiro atoms. The normalized spacial score (nSPS) is 43.9. The minimum absolute atomic E-state index is 0.446. The predicted octanol–water partition coefficient (Wildman–Crippen LogP) is 2.20. The van der Waals surface area contributed by atoms with Gasteiger partial charge in [0, 0.05) is 6.61 Å². The topological polar surface area (TPSA) is 20.2 Å². The molecule has 0 aliphatic heterocycles. The van der Waals surface area contributed by atoms with E-state index in [0.29, 0.717) is 12.5 Å². The van der Waals surface area contributed by atoms with Gasteiger partial charge in [-0.1, -0.05) is 19.3 Å². The van der Waals surface area contributed by atoms with Crippen molar-refractivity contribution in [3.05, 3.63) is 0 Å². The van der Waals surface area contributed by atoms with Crippen molar-refractivity contribution in [2.24, 2.45) is 17.8 Å². The van der Waals surface area contributed by atoms with E-state index in [1.165, 1.54) is 38.5 Å². The van der Waals surface area contributed by atoms with Crippen molar-refractivity contribution in [1.29, 1.82) is 0 Å². The lowest BCUT2D eigenvalue weighted by molar-refractivity contribution is 0.152. The Balaban J connectivity index is 1.98. The van der Waals surface area contributed by atoms with Crippen LogP contribution in [0.4, 0.5) is 0 Å². The van der Waals surface area contributed by atoms with Crippen LogP contribution in [0.3, 0.4) is 0 Å². The third kappa shape index (κ3) is 1.31. The van der Waals surface area contributed by atoms with Crippen LogP contribution in [0.1, 0.15) is 38.5 Å². The number of hydrogen-bond donors (Lipinski definition) is 1. The van der Waals surface area contributed by atoms with E-state index in [2.05, 4.69) is 0 Å². The number of aliphatic hydroxyl groups excluding tert-OH is 1. The van der Waals surface area contributed by atoms with Crippen molar-refractivity contribution in [1.82, 2.24) is 0 Å². The maximum atomic E-state index is 9.10. The molecule has 0 radical (unpaired) electrons. The van der Waals surface area contributed by atoms with Crippen molar-refractivity contribution in [2.45, 2.75) is 38.5 Å². The Morgan fingerprint density at radius 1 is 1.00 bits per heavy atom. The largest absolute Gasteiger partial charge is 0.396 e. The molecule has 0 saturated heterocycles. The molecule has 2 saturated carbocycles. The molecular weight excluding hydrogens is 136 g/mol. The molecule has 0 unspecified atom stereocenters. The average molecular weight is 154 g/mol. The first kappa shape index (κ1) is 7.60. The maximum Gasteiger partial charge on any atom is 0.0462 e. The molecule has 0 heterocycles. The number of aliphatic hydroxyl groups is 1. The molecule has 1 nitrogen and oxygen atoms in total. The summed E-state index contributed by atoms with van der Waals surface area (Å²) in [6, 6.07) is 0. The zero-order chi connectivity index (χ0) is 7.68. The van der Waals surface area contributed by atoms with Crippen LogP contribution in [0.15, 0.2) is 0 Å². The monoisotopic (exact) mass is 154 g/mol. The van der Waals surface area contributed by atoms with Gasteiger partial charge in [0.1, 0.15) is 0 Å². The van der Waals surface area contributed by atoms with E-state index in [1.807, 2.05) is 0 Å². The minimum Gasteiger partial charge on any atom is -0.396 e. The lowest BCUT2D eigenvalue weighted by atomic mass is 9.78. The Labute approximate surface area is 68.8 Å². The molecule has 64 valence electrons. The summed E-state index contributed by atoms with van der Waals surface area (Å²) < 4.78 is 0. The molecule has 2 aliphatic rings. The highest BCUT2D eigenvalue weighted by Gasteiger charge is 2.36. The van der Waals surface area contributed by atoms with Gasteiger partial charge in [0.05, 0.1) is 0 Å². The van der Waals surface area contributed by atoms with Crippen LogP contribution in [0.25, 0.3) is 0 Å². The van der Waals surface area contributed by atoms with E-state index in [-0.39, 0.29) is 0 Å². The van der Waals surface area contributed by atoms with Crippen molar-refractivity contribution < 1.29 is 5.11 Å². The summed E-state index contributed by atoms with van der Waals surface area (Å²) in [6.07, 6.45) is 8.40. The molecular formula is C10H18O. The van der Waals surface area contributed by atoms with Crippen LogP contribution in [0, 0.1) is 17.8 Å². The fourth-order valence-electron chi connectivity index (χ4n) is 3.08. The van der Waals surface area contributed by atoms with Gasteiger partial charge in [-0.25, -0.2) is 0 Å². The van der Waals surface area contributed by atoms with Gasteiger partial charge in [-0.15, -0.1) is 0 Å². The standard InChI is InChI=1S/C10H18O/c11-7-9-6-5-8-3-1-2-4-10(8)9/h8-11H,1-7H2/t8-,9+,10+/m1/s1. The summed E-state index contributed by atoms with van der Waals surface area (Å²) in [5.74, 6) is 2.55. The molecule has 0 bridgehead atoms. The molecule has 2 aliphatic carbocycles. The highest BCUT2D eigenvalue weighted by atomic mass is 16.3. The first-order valence-corrected chi connectivity index (χ1v) is 5.02. The zero-order valence-corrected chi connectivity index (χ0v) is 7.13. The Morgan fingerprint density at radius 2 is 1.82 bits per heavy atom. The van der Waals surface area contributed by atoms with Crippen LogP contribution >= 0.6 is 0 Å². The highest BCUT2D eigenvalue weighted by Crippen LogP contribution is 2.45. The van der Waals surface area contributed by atoms with Crippen molar-refractivity contribution in [3.63, 3.8) is 0 Å². The van der Waals surface area contributed by atoms with Crippen LogP contribution < -0.4 is 0 Å². The van der Waals surface area contributed by atoms with Gasteiger partial charge < -0.3 is 5.11 Å². The van der Waals surface area contributed by atoms with Gasteiger partial charge in [0.25, 0.3) is 0 Å². The SMILES string of the molecule is OC[C@@H]1CC[C@H]2CCCC[C@@H]21. The summed E-state index contributed by atoms with van der Waals surface area (Å²) in [6.45, 7) is 0.446. The minimum atomic E-state index is 0.446. The third-order valence-corrected chi connectivity index (χ3v) is 3.72. The van der Waals surface area contributed by atoms with E-state index < -0.39 is 0 Å². The van der Waals surface area contributed by atoms with Crippen molar-refractivity contribution in [2.75, 3.05) is 6.61 Å². The number of hydrogen-bond acceptors (Lipinski definition) is 1. The lowest BCUT2D eigenvalue weighted by Gasteiger charge is -2.28. The molecule has 1 heteroatoms. The Morgan fingerprint density at radius 3 is 2.64 bits per heavy atom. The summed E-state index contributed by atoms with van der Waals surface area (Å²) >= 11 is 0. The van der Waals surface area contributed by atoms with E-state index in [4.69, 9.17) is 5.11 Å². The predicted molar refractivity (Wildman–Crippen MR) is 45.3 cm³/mol. The van der Waals surface area contributed by atoms with Gasteiger partial charge in [-0.3, -0.25) is 0 Å². The Hall–Kier alpha value is -0.0400. The fourth-order valence-corrected chi connectivity index (χ4v) is 3.08. The van der Waals surface area contributed by atoms with Crippen LogP contribution in [-0.2, 0) is 0 Å². The van der Waals surface area contributed by atoms with E-state index in [0.717, 1.165) is 11.8 Å². The highest BCUT2D eigenvalue weighted by molar-refractivity contribution is 4.86. The van der Waals surface area contributed by atoms with Crippen LogP contribution in [-0.4, -0.2) is 11.7 Å². The van der Waals surface area contributed by atoms with Gasteiger partial charge in [-0.05, 0) is 37.0 Å². The van der Waals surface area contributed by atoms with Gasteiger partial charge in [0.2, 0.25) is 0 Å². The van der Waals surface area contributed by atoms with Crippen molar-refractivity contribution >= 4 is 0 Å². The molecule has 3 atom stereocenters. The second kappa shape index (κ2) is 3.14. The molecule has 0 aromatic rings. The smallest absolute Gasteiger partial charge is 0.0462 e. The summed E-state index contributed by atoms with van der Waals surface area (Å²) in [7, 11) is 0. The Bertz CT molecular complexity index is 127. The van der Waals surface area contributed by atoms with Crippen LogP contribution in [0.2, 0.25) is 0 Å². The lowest BCUT2D eigenvalue weighted by Crippen LogP contribution is -2.21. The summed E-state index contributed by atoms with van der Waals surface area (Å²) in [5, 5.41) is 9.10. The molecule has 1 N–H and O–H groups in total. The molecule has 2 rings (SSSR count). The maximum absolute atomic E-state index is 9.10. The molecule has 0 aromatic carbocycles. The van der Waals surface area contributed by atoms with E-state index >= 15 is 0 Å². The summed E-state index contributed by atoms with van der Waals surface area (Å²) in [4.78, 5) is 0. The Kier molecular flexibility index (Phi) is 2.17. The fraction of sp³-hybridized carbons (Fsp3) is 1.00. The first-order valence-electron chi connectivity index (χ1n) is 5.02. The van der Waals surface area contributed by atoms with Gasteiger partial charge in [-0.2, -0.15) is 0 Å². The van der Waals surface area contributed by atoms with Gasteiger partial charge >= 0.3 is 0 Å². The van der Waals surface area contributed by atoms with Crippen LogP contribution in [0.5, 0.6) is 0 Å². The zero-order valence-electron chi connectivity index (χ0n) is 7.13. The quantitative estimate of drug-likeness (QED) is 0.614. The number of fused-ring (bicyclic) bond motifs is 1. The second-order valence-corrected chi connectivity index (χ2v) is 4.23. The average Bonchev–Trinajstić information content (AvgIpc) is 2.47. The molecule has 2 fully saturated rings. The molecule has 11 heavy (non-hydrogen) atoms. The molecule has 0 amide bonds. The second-order valence-electron chi connectivity index (χ2n) is 4.23. The van der Waals surface area contributed by atoms with E-state index in [9.17, 15) is 0 Å². The number of rotatable bonds is 1. The molecule has 0 aromatic heterocycles.